The second-order valence-electron chi connectivity index (χ2n) is 6.04. The van der Waals surface area contributed by atoms with Crippen LogP contribution in [0.4, 0.5) is 17.6 Å². The number of fused-ring (bicyclic) bond motifs is 1. The Kier molecular flexibility index (Phi) is 4.49. The predicted octanol–water partition coefficient (Wildman–Crippen LogP) is 3.47. The molecule has 0 saturated heterocycles. The van der Waals surface area contributed by atoms with Gasteiger partial charge >= 0.3 is 12.1 Å². The molecule has 4 rings (SSSR count). The summed E-state index contributed by atoms with van der Waals surface area (Å²) in [5, 5.41) is 5.95. The van der Waals surface area contributed by atoms with Crippen LogP contribution in [0.25, 0.3) is 17.0 Å². The molecular weight excluding hydrogens is 394 g/mol. The minimum Gasteiger partial charge on any atom is -0.347 e. The van der Waals surface area contributed by atoms with Crippen LogP contribution in [-0.4, -0.2) is 25.4 Å². The van der Waals surface area contributed by atoms with Gasteiger partial charge in [-0.2, -0.15) is 18.2 Å². The molecule has 0 unspecified atom stereocenters. The fourth-order valence-corrected chi connectivity index (χ4v) is 2.61. The van der Waals surface area contributed by atoms with Crippen LogP contribution >= 0.6 is 0 Å². The summed E-state index contributed by atoms with van der Waals surface area (Å²) in [6.07, 6.45) is -1.90. The van der Waals surface area contributed by atoms with Crippen LogP contribution in [0.1, 0.15) is 21.9 Å². The zero-order valence-electron chi connectivity index (χ0n) is 14.4. The second-order valence-corrected chi connectivity index (χ2v) is 6.04. The summed E-state index contributed by atoms with van der Waals surface area (Å²) < 4.78 is 56.7. The summed E-state index contributed by atoms with van der Waals surface area (Å²) in [5.74, 6) is -2.59. The van der Waals surface area contributed by atoms with E-state index in [4.69, 9.17) is 0 Å². The molecular formula is C18H11F4N5O2. The molecule has 1 N–H and O–H groups in total. The summed E-state index contributed by atoms with van der Waals surface area (Å²) in [4.78, 5) is 19.8. The van der Waals surface area contributed by atoms with Crippen LogP contribution in [0.5, 0.6) is 0 Å². The number of hydrogen-bond donors (Lipinski definition) is 1. The highest BCUT2D eigenvalue weighted by molar-refractivity contribution is 5.92. The molecule has 1 aromatic carbocycles. The summed E-state index contributed by atoms with van der Waals surface area (Å²) in [6.45, 7) is 0.110. The van der Waals surface area contributed by atoms with E-state index in [1.54, 1.807) is 6.07 Å². The molecule has 29 heavy (non-hydrogen) atoms. The summed E-state index contributed by atoms with van der Waals surface area (Å²) in [6, 6.07) is 8.76. The Labute approximate surface area is 160 Å². The van der Waals surface area contributed by atoms with Crippen LogP contribution < -0.4 is 5.32 Å². The molecule has 0 aliphatic carbocycles. The van der Waals surface area contributed by atoms with E-state index in [9.17, 15) is 22.4 Å². The van der Waals surface area contributed by atoms with Gasteiger partial charge in [-0.1, -0.05) is 17.3 Å². The minimum atomic E-state index is -4.74. The molecule has 0 atom stereocenters. The van der Waals surface area contributed by atoms with E-state index in [1.807, 2.05) is 0 Å². The molecule has 3 aromatic heterocycles. The van der Waals surface area contributed by atoms with Crippen LogP contribution in [0.2, 0.25) is 0 Å². The SMILES string of the molecule is O=C(NCc1cccc(F)c1)c1cn2cc(-c3noc(C(F)(F)F)n3)ccc2n1. The lowest BCUT2D eigenvalue weighted by Gasteiger charge is -2.03. The van der Waals surface area contributed by atoms with Gasteiger partial charge in [-0.3, -0.25) is 4.79 Å². The maximum Gasteiger partial charge on any atom is 0.471 e. The molecule has 3 heterocycles. The standard InChI is InChI=1S/C18H11F4N5O2/c19-12-3-1-2-10(6-12)7-23-16(28)13-9-27-8-11(4-5-14(27)24-13)15-25-17(29-26-15)18(20,21)22/h1-6,8-9H,7H2,(H,23,28). The number of halogens is 4. The van der Waals surface area contributed by atoms with Crippen molar-refractivity contribution in [1.82, 2.24) is 24.8 Å². The normalized spacial score (nSPS) is 11.7. The van der Waals surface area contributed by atoms with Gasteiger partial charge in [-0.05, 0) is 29.8 Å². The van der Waals surface area contributed by atoms with Gasteiger partial charge < -0.3 is 14.2 Å². The van der Waals surface area contributed by atoms with Gasteiger partial charge in [0.2, 0.25) is 5.82 Å². The third-order valence-corrected chi connectivity index (χ3v) is 3.95. The predicted molar refractivity (Wildman–Crippen MR) is 91.1 cm³/mol. The lowest BCUT2D eigenvalue weighted by Crippen LogP contribution is -2.23. The number of benzene rings is 1. The number of carbonyl (C=O) groups excluding carboxylic acids is 1. The molecule has 0 aliphatic rings. The van der Waals surface area contributed by atoms with Gasteiger partial charge in [0, 0.05) is 24.5 Å². The van der Waals surface area contributed by atoms with Crippen LogP contribution in [0, 0.1) is 5.82 Å². The number of rotatable bonds is 4. The maximum absolute atomic E-state index is 13.2. The van der Waals surface area contributed by atoms with E-state index in [0.717, 1.165) is 0 Å². The van der Waals surface area contributed by atoms with Gasteiger partial charge in [0.15, 0.2) is 0 Å². The Morgan fingerprint density at radius 2 is 1.97 bits per heavy atom. The smallest absolute Gasteiger partial charge is 0.347 e. The quantitative estimate of drug-likeness (QED) is 0.526. The van der Waals surface area contributed by atoms with Crippen LogP contribution in [0.3, 0.4) is 0 Å². The Morgan fingerprint density at radius 3 is 2.69 bits per heavy atom. The molecule has 0 radical (unpaired) electrons. The minimum absolute atomic E-state index is 0.0858. The third-order valence-electron chi connectivity index (χ3n) is 3.95. The number of alkyl halides is 3. The first-order chi connectivity index (χ1) is 13.8. The number of imidazole rings is 1. The lowest BCUT2D eigenvalue weighted by atomic mass is 10.2. The van der Waals surface area contributed by atoms with Crippen LogP contribution in [-0.2, 0) is 12.7 Å². The third kappa shape index (κ3) is 3.93. The Bertz CT molecular complexity index is 1200. The van der Waals surface area contributed by atoms with Crippen molar-refractivity contribution >= 4 is 11.6 Å². The highest BCUT2D eigenvalue weighted by Crippen LogP contribution is 2.29. The molecule has 0 spiro atoms. The molecule has 0 fully saturated rings. The number of aromatic nitrogens is 4. The Morgan fingerprint density at radius 1 is 1.14 bits per heavy atom. The molecule has 11 heteroatoms. The summed E-state index contributed by atoms with van der Waals surface area (Å²) >= 11 is 0. The fourth-order valence-electron chi connectivity index (χ4n) is 2.61. The first kappa shape index (κ1) is 18.6. The first-order valence-corrected chi connectivity index (χ1v) is 8.22. The first-order valence-electron chi connectivity index (χ1n) is 8.22. The number of hydrogen-bond acceptors (Lipinski definition) is 5. The van der Waals surface area contributed by atoms with E-state index < -0.39 is 23.8 Å². The fraction of sp³-hybridized carbons (Fsp3) is 0.111. The lowest BCUT2D eigenvalue weighted by molar-refractivity contribution is -0.159. The Hall–Kier alpha value is -3.76. The van der Waals surface area contributed by atoms with Crippen molar-refractivity contribution in [3.8, 4) is 11.4 Å². The average Bonchev–Trinajstić information content (AvgIpc) is 3.32. The van der Waals surface area contributed by atoms with Crippen molar-refractivity contribution in [2.45, 2.75) is 12.7 Å². The van der Waals surface area contributed by atoms with Crippen LogP contribution in [0.15, 0.2) is 53.3 Å². The van der Waals surface area contributed by atoms with Gasteiger partial charge in [0.1, 0.15) is 17.2 Å². The van der Waals surface area contributed by atoms with E-state index in [-0.39, 0.29) is 23.6 Å². The molecule has 148 valence electrons. The largest absolute Gasteiger partial charge is 0.471 e. The number of nitrogens with one attached hydrogen (secondary N) is 1. The van der Waals surface area contributed by atoms with E-state index in [2.05, 4.69) is 25.0 Å². The van der Waals surface area contributed by atoms with Crippen molar-refractivity contribution in [3.63, 3.8) is 0 Å². The van der Waals surface area contributed by atoms with Gasteiger partial charge in [-0.25, -0.2) is 9.37 Å². The van der Waals surface area contributed by atoms with Crippen molar-refractivity contribution in [3.05, 3.63) is 71.8 Å². The highest BCUT2D eigenvalue weighted by Gasteiger charge is 2.38. The highest BCUT2D eigenvalue weighted by atomic mass is 19.4. The van der Waals surface area contributed by atoms with Gasteiger partial charge in [0.05, 0.1) is 0 Å². The van der Waals surface area contributed by atoms with Crippen molar-refractivity contribution in [1.29, 1.82) is 0 Å². The zero-order valence-corrected chi connectivity index (χ0v) is 14.4. The molecule has 7 nitrogen and oxygen atoms in total. The van der Waals surface area contributed by atoms with Crippen molar-refractivity contribution in [2.75, 3.05) is 0 Å². The maximum atomic E-state index is 13.2. The number of amides is 1. The number of pyridine rings is 1. The Balaban J connectivity index is 1.53. The molecule has 0 bridgehead atoms. The number of carbonyl (C=O) groups is 1. The van der Waals surface area contributed by atoms with E-state index >= 15 is 0 Å². The molecule has 0 aliphatic heterocycles. The number of nitrogens with zero attached hydrogens (tertiary/aromatic N) is 4. The van der Waals surface area contributed by atoms with E-state index in [1.165, 1.54) is 47.1 Å². The molecule has 1 amide bonds. The topological polar surface area (TPSA) is 85.3 Å². The van der Waals surface area contributed by atoms with Crippen molar-refractivity contribution < 1.29 is 26.9 Å². The van der Waals surface area contributed by atoms with E-state index in [0.29, 0.717) is 11.2 Å². The second kappa shape index (κ2) is 7.00. The van der Waals surface area contributed by atoms with Crippen molar-refractivity contribution in [2.24, 2.45) is 0 Å². The molecule has 0 saturated carbocycles. The van der Waals surface area contributed by atoms with Gasteiger partial charge in [-0.15, -0.1) is 0 Å². The zero-order chi connectivity index (χ0) is 20.6. The van der Waals surface area contributed by atoms with Gasteiger partial charge in [0.25, 0.3) is 5.91 Å². The summed E-state index contributed by atoms with van der Waals surface area (Å²) in [5.41, 5.74) is 1.31. The summed E-state index contributed by atoms with van der Waals surface area (Å²) in [7, 11) is 0. The average molecular weight is 405 g/mol. The molecule has 4 aromatic rings. The monoisotopic (exact) mass is 405 g/mol.